The minimum Gasteiger partial charge on any atom is -0.478 e. The quantitative estimate of drug-likeness (QED) is 0.563. The van der Waals surface area contributed by atoms with E-state index in [1.165, 1.54) is 35.2 Å². The van der Waals surface area contributed by atoms with Crippen molar-refractivity contribution >= 4 is 24.4 Å². The molecule has 0 radical (unpaired) electrons. The van der Waals surface area contributed by atoms with Crippen molar-refractivity contribution in [3.63, 3.8) is 0 Å². The average Bonchev–Trinajstić information content (AvgIpc) is 2.95. The van der Waals surface area contributed by atoms with Gasteiger partial charge in [0.2, 0.25) is 4.77 Å². The van der Waals surface area contributed by atoms with Gasteiger partial charge in [0.1, 0.15) is 5.82 Å². The zero-order valence-corrected chi connectivity index (χ0v) is 13.0. The number of hydrogen-bond donors (Lipinski definition) is 2. The van der Waals surface area contributed by atoms with E-state index in [-0.39, 0.29) is 16.2 Å². The summed E-state index contributed by atoms with van der Waals surface area (Å²) in [5, 5.41) is 19.9. The molecule has 6 nitrogen and oxygen atoms in total. The molecule has 0 saturated heterocycles. The monoisotopic (exact) mass is 342 g/mol. The Labute approximate surface area is 140 Å². The lowest BCUT2D eigenvalue weighted by Crippen LogP contribution is -1.97. The first kappa shape index (κ1) is 15.8. The lowest BCUT2D eigenvalue weighted by Gasteiger charge is -2.01. The zero-order chi connectivity index (χ0) is 17.1. The highest BCUT2D eigenvalue weighted by Gasteiger charge is 2.08. The van der Waals surface area contributed by atoms with E-state index in [1.807, 2.05) is 0 Å². The minimum atomic E-state index is -0.992. The van der Waals surface area contributed by atoms with Crippen molar-refractivity contribution in [2.45, 2.75) is 0 Å². The number of aromatic nitrogens is 3. The third-order valence-electron chi connectivity index (χ3n) is 3.23. The fourth-order valence-electron chi connectivity index (χ4n) is 2.02. The predicted molar refractivity (Wildman–Crippen MR) is 89.2 cm³/mol. The summed E-state index contributed by atoms with van der Waals surface area (Å²) in [4.78, 5) is 10.8. The minimum absolute atomic E-state index is 0.194. The molecule has 1 heterocycles. The largest absolute Gasteiger partial charge is 0.478 e. The van der Waals surface area contributed by atoms with Gasteiger partial charge < -0.3 is 5.11 Å². The zero-order valence-electron chi connectivity index (χ0n) is 12.2. The van der Waals surface area contributed by atoms with Crippen molar-refractivity contribution in [3.05, 3.63) is 70.2 Å². The summed E-state index contributed by atoms with van der Waals surface area (Å²) in [6.45, 7) is 0. The number of carbonyl (C=O) groups is 1. The molecule has 24 heavy (non-hydrogen) atoms. The molecule has 0 aliphatic rings. The molecule has 8 heteroatoms. The second-order valence-corrected chi connectivity index (χ2v) is 5.23. The maximum Gasteiger partial charge on any atom is 0.335 e. The molecule has 0 aliphatic heterocycles. The predicted octanol–water partition coefficient (Wildman–Crippen LogP) is 3.33. The number of nitrogens with one attached hydrogen (secondary N) is 1. The Morgan fingerprint density at radius 2 is 1.88 bits per heavy atom. The van der Waals surface area contributed by atoms with E-state index >= 15 is 0 Å². The summed E-state index contributed by atoms with van der Waals surface area (Å²) in [6, 6.07) is 12.0. The number of hydrogen-bond acceptors (Lipinski definition) is 4. The van der Waals surface area contributed by atoms with Crippen LogP contribution in [0, 0.1) is 10.6 Å². The van der Waals surface area contributed by atoms with E-state index in [4.69, 9.17) is 17.3 Å². The Morgan fingerprint density at radius 1 is 1.21 bits per heavy atom. The van der Waals surface area contributed by atoms with Gasteiger partial charge in [-0.1, -0.05) is 12.1 Å². The van der Waals surface area contributed by atoms with Gasteiger partial charge in [0.05, 0.1) is 11.8 Å². The van der Waals surface area contributed by atoms with Crippen LogP contribution in [0.15, 0.2) is 53.6 Å². The molecule has 0 aliphatic carbocycles. The van der Waals surface area contributed by atoms with Crippen LogP contribution in [-0.4, -0.2) is 32.2 Å². The molecule has 2 N–H and O–H groups in total. The van der Waals surface area contributed by atoms with Crippen LogP contribution in [0.5, 0.6) is 0 Å². The van der Waals surface area contributed by atoms with Gasteiger partial charge in [-0.05, 0) is 54.2 Å². The van der Waals surface area contributed by atoms with Crippen LogP contribution in [0.25, 0.3) is 11.4 Å². The van der Waals surface area contributed by atoms with Gasteiger partial charge in [0, 0.05) is 5.56 Å². The number of benzene rings is 2. The third-order valence-corrected chi connectivity index (χ3v) is 3.50. The van der Waals surface area contributed by atoms with E-state index in [2.05, 4.69) is 15.3 Å². The molecular formula is C16H11FN4O2S. The van der Waals surface area contributed by atoms with Crippen molar-refractivity contribution in [3.8, 4) is 11.4 Å². The van der Waals surface area contributed by atoms with Crippen molar-refractivity contribution in [2.75, 3.05) is 0 Å². The Morgan fingerprint density at radius 3 is 2.50 bits per heavy atom. The van der Waals surface area contributed by atoms with Gasteiger partial charge >= 0.3 is 5.97 Å². The second-order valence-electron chi connectivity index (χ2n) is 4.84. The number of carboxylic acids is 1. The molecule has 0 spiro atoms. The summed E-state index contributed by atoms with van der Waals surface area (Å²) in [5.74, 6) is -0.894. The van der Waals surface area contributed by atoms with Crippen LogP contribution in [0.3, 0.4) is 0 Å². The molecule has 120 valence electrons. The Kier molecular flexibility index (Phi) is 4.30. The first-order chi connectivity index (χ1) is 11.5. The Hall–Kier alpha value is -3.13. The number of nitrogens with zero attached hydrogens (tertiary/aromatic N) is 3. The van der Waals surface area contributed by atoms with Crippen LogP contribution >= 0.6 is 12.2 Å². The lowest BCUT2D eigenvalue weighted by molar-refractivity contribution is 0.0697. The van der Waals surface area contributed by atoms with Crippen molar-refractivity contribution in [1.29, 1.82) is 0 Å². The molecular weight excluding hydrogens is 331 g/mol. The van der Waals surface area contributed by atoms with Gasteiger partial charge in [-0.15, -0.1) is 0 Å². The molecule has 0 amide bonds. The summed E-state index contributed by atoms with van der Waals surface area (Å²) < 4.78 is 14.7. The highest BCUT2D eigenvalue weighted by atomic mass is 32.1. The van der Waals surface area contributed by atoms with Crippen LogP contribution in [0.1, 0.15) is 15.9 Å². The molecule has 0 fully saturated rings. The standard InChI is InChI=1S/C16H11FN4O2S/c17-13-7-5-11(6-8-13)14-19-20-16(24)21(14)18-9-10-1-3-12(4-2-10)15(22)23/h1-9H,(H,20,24)(H,22,23)/b18-9-. The summed E-state index contributed by atoms with van der Waals surface area (Å²) in [5.41, 5.74) is 1.55. The average molecular weight is 342 g/mol. The van der Waals surface area contributed by atoms with E-state index in [0.29, 0.717) is 17.0 Å². The van der Waals surface area contributed by atoms with E-state index < -0.39 is 5.97 Å². The summed E-state index contributed by atoms with van der Waals surface area (Å²) in [7, 11) is 0. The molecule has 0 unspecified atom stereocenters. The van der Waals surface area contributed by atoms with Gasteiger partial charge in [-0.2, -0.15) is 14.9 Å². The number of aromatic amines is 1. The topological polar surface area (TPSA) is 83.3 Å². The fourth-order valence-corrected chi connectivity index (χ4v) is 2.20. The highest BCUT2D eigenvalue weighted by molar-refractivity contribution is 7.71. The number of H-pyrrole nitrogens is 1. The molecule has 0 saturated carbocycles. The number of carboxylic acid groups (broad SMARTS) is 1. The molecule has 2 aromatic carbocycles. The van der Waals surface area contributed by atoms with Crippen LogP contribution in [0.2, 0.25) is 0 Å². The normalized spacial score (nSPS) is 11.0. The summed E-state index contributed by atoms with van der Waals surface area (Å²) >= 11 is 5.15. The maximum atomic E-state index is 13.0. The van der Waals surface area contributed by atoms with Gasteiger partial charge in [-0.3, -0.25) is 0 Å². The number of aromatic carboxylic acids is 1. The molecule has 0 atom stereocenters. The van der Waals surface area contributed by atoms with Crippen molar-refractivity contribution < 1.29 is 14.3 Å². The van der Waals surface area contributed by atoms with Gasteiger partial charge in [0.25, 0.3) is 0 Å². The molecule has 0 bridgehead atoms. The third kappa shape index (κ3) is 3.28. The fraction of sp³-hybridized carbons (Fsp3) is 0. The van der Waals surface area contributed by atoms with E-state index in [9.17, 15) is 9.18 Å². The van der Waals surface area contributed by atoms with Crippen LogP contribution < -0.4 is 0 Å². The van der Waals surface area contributed by atoms with Crippen LogP contribution in [0.4, 0.5) is 4.39 Å². The first-order valence-electron chi connectivity index (χ1n) is 6.85. The number of rotatable bonds is 4. The Bertz CT molecular complexity index is 959. The van der Waals surface area contributed by atoms with Gasteiger partial charge in [-0.25, -0.2) is 14.3 Å². The second kappa shape index (κ2) is 6.55. The summed E-state index contributed by atoms with van der Waals surface area (Å²) in [6.07, 6.45) is 1.53. The van der Waals surface area contributed by atoms with Crippen LogP contribution in [-0.2, 0) is 0 Å². The number of halogens is 1. The van der Waals surface area contributed by atoms with E-state index in [0.717, 1.165) is 0 Å². The first-order valence-corrected chi connectivity index (χ1v) is 7.26. The SMILES string of the molecule is O=C(O)c1ccc(/C=N\n2c(-c3ccc(F)cc3)n[nH]c2=S)cc1. The van der Waals surface area contributed by atoms with Crippen molar-refractivity contribution in [1.82, 2.24) is 14.9 Å². The Balaban J connectivity index is 1.92. The molecule has 3 aromatic rings. The van der Waals surface area contributed by atoms with Gasteiger partial charge in [0.15, 0.2) is 5.82 Å². The highest BCUT2D eigenvalue weighted by Crippen LogP contribution is 2.17. The molecule has 1 aromatic heterocycles. The lowest BCUT2D eigenvalue weighted by atomic mass is 10.1. The maximum absolute atomic E-state index is 13.0. The van der Waals surface area contributed by atoms with E-state index in [1.54, 1.807) is 24.3 Å². The molecule has 3 rings (SSSR count). The van der Waals surface area contributed by atoms with Crippen molar-refractivity contribution in [2.24, 2.45) is 5.10 Å². The smallest absolute Gasteiger partial charge is 0.335 e.